The molecular weight excluding hydrogens is 316 g/mol. The summed E-state index contributed by atoms with van der Waals surface area (Å²) in [5.74, 6) is 0. The minimum absolute atomic E-state index is 0.496. The summed E-state index contributed by atoms with van der Waals surface area (Å²) in [6.45, 7) is 0. The molecule has 0 fully saturated rings. The quantitative estimate of drug-likeness (QED) is 0.442. The Labute approximate surface area is 145 Å². The lowest BCUT2D eigenvalue weighted by atomic mass is 9.96. The lowest BCUT2D eigenvalue weighted by Gasteiger charge is -2.11. The van der Waals surface area contributed by atoms with Crippen molar-refractivity contribution in [3.05, 3.63) is 87.7 Å². The van der Waals surface area contributed by atoms with E-state index in [1.54, 1.807) is 0 Å². The van der Waals surface area contributed by atoms with E-state index in [2.05, 4.69) is 23.2 Å². The highest BCUT2D eigenvalue weighted by atomic mass is 35.5. The zero-order valence-electron chi connectivity index (χ0n) is 12.8. The van der Waals surface area contributed by atoms with Gasteiger partial charge in [-0.15, -0.1) is 0 Å². The molecule has 0 unspecified atom stereocenters. The van der Waals surface area contributed by atoms with Crippen LogP contribution in [0.15, 0.2) is 54.6 Å². The fourth-order valence-corrected chi connectivity index (χ4v) is 3.34. The summed E-state index contributed by atoms with van der Waals surface area (Å²) >= 11 is 6.42. The maximum Gasteiger partial charge on any atom is 0.137 e. The molecule has 1 heterocycles. The van der Waals surface area contributed by atoms with Gasteiger partial charge in [-0.3, -0.25) is 0 Å². The van der Waals surface area contributed by atoms with Gasteiger partial charge in [-0.05, 0) is 40.5 Å². The van der Waals surface area contributed by atoms with Crippen molar-refractivity contribution in [2.24, 2.45) is 0 Å². The summed E-state index contributed by atoms with van der Waals surface area (Å²) in [4.78, 5) is 4.58. The molecule has 0 bridgehead atoms. The number of nitrogens with zero attached hydrogens (tertiary/aromatic N) is 2. The van der Waals surface area contributed by atoms with E-state index in [0.717, 1.165) is 39.9 Å². The molecule has 0 amide bonds. The Balaban J connectivity index is 1.87. The van der Waals surface area contributed by atoms with Crippen molar-refractivity contribution < 1.29 is 0 Å². The Morgan fingerprint density at radius 3 is 2.58 bits per heavy atom. The normalized spacial score (nSPS) is 12.0. The molecule has 0 saturated carbocycles. The van der Waals surface area contributed by atoms with Crippen LogP contribution in [0.4, 0.5) is 0 Å². The average Bonchev–Trinajstić information content (AvgIpc) is 2.80. The van der Waals surface area contributed by atoms with Crippen LogP contribution in [0.5, 0.6) is 0 Å². The van der Waals surface area contributed by atoms with Crippen molar-refractivity contribution in [1.82, 2.24) is 4.98 Å². The zero-order chi connectivity index (χ0) is 16.5. The van der Waals surface area contributed by atoms with E-state index >= 15 is 0 Å². The maximum atomic E-state index is 9.32. The topological polar surface area (TPSA) is 36.7 Å². The van der Waals surface area contributed by atoms with Gasteiger partial charge in [0.2, 0.25) is 0 Å². The molecule has 1 aliphatic rings. The van der Waals surface area contributed by atoms with Gasteiger partial charge in [-0.2, -0.15) is 5.26 Å². The summed E-state index contributed by atoms with van der Waals surface area (Å²) in [5, 5.41) is 9.82. The van der Waals surface area contributed by atoms with Crippen LogP contribution in [-0.2, 0) is 6.42 Å². The van der Waals surface area contributed by atoms with E-state index in [4.69, 9.17) is 11.6 Å². The van der Waals surface area contributed by atoms with Gasteiger partial charge in [-0.25, -0.2) is 4.98 Å². The number of aromatic nitrogens is 1. The zero-order valence-corrected chi connectivity index (χ0v) is 13.6. The predicted molar refractivity (Wildman–Crippen MR) is 97.6 cm³/mol. The van der Waals surface area contributed by atoms with E-state index in [-0.39, 0.29) is 0 Å². The number of hydrogen-bond acceptors (Lipinski definition) is 2. The Kier molecular flexibility index (Phi) is 3.65. The lowest BCUT2D eigenvalue weighted by Crippen LogP contribution is -1.97. The SMILES string of the molecule is N#Cc1cccc2c1C=Cc1nc(Cl)c(-c3ccccc3)cc1C2. The van der Waals surface area contributed by atoms with Crippen LogP contribution in [0.2, 0.25) is 5.15 Å². The molecule has 2 aromatic carbocycles. The molecular formula is C21H13ClN2. The Bertz CT molecular complexity index is 998. The van der Waals surface area contributed by atoms with Crippen LogP contribution in [0.3, 0.4) is 0 Å². The van der Waals surface area contributed by atoms with Gasteiger partial charge in [0.1, 0.15) is 5.15 Å². The van der Waals surface area contributed by atoms with Crippen molar-refractivity contribution in [3.63, 3.8) is 0 Å². The second kappa shape index (κ2) is 5.96. The highest BCUT2D eigenvalue weighted by molar-refractivity contribution is 6.32. The fourth-order valence-electron chi connectivity index (χ4n) is 3.08. The van der Waals surface area contributed by atoms with Crippen molar-refractivity contribution >= 4 is 23.8 Å². The molecule has 0 spiro atoms. The highest BCUT2D eigenvalue weighted by Gasteiger charge is 2.16. The minimum Gasteiger partial charge on any atom is -0.236 e. The second-order valence-electron chi connectivity index (χ2n) is 5.74. The second-order valence-corrected chi connectivity index (χ2v) is 6.10. The van der Waals surface area contributed by atoms with E-state index in [0.29, 0.717) is 10.7 Å². The van der Waals surface area contributed by atoms with Gasteiger partial charge in [0.05, 0.1) is 17.3 Å². The van der Waals surface area contributed by atoms with Crippen LogP contribution in [0.1, 0.15) is 27.9 Å². The third kappa shape index (κ3) is 2.50. The third-order valence-corrected chi connectivity index (χ3v) is 4.57. The Hall–Kier alpha value is -2.89. The van der Waals surface area contributed by atoms with Gasteiger partial charge < -0.3 is 0 Å². The molecule has 3 heteroatoms. The van der Waals surface area contributed by atoms with E-state index < -0.39 is 0 Å². The Morgan fingerprint density at radius 2 is 1.79 bits per heavy atom. The van der Waals surface area contributed by atoms with Gasteiger partial charge in [0.25, 0.3) is 0 Å². The number of rotatable bonds is 1. The summed E-state index contributed by atoms with van der Waals surface area (Å²) in [7, 11) is 0. The van der Waals surface area contributed by atoms with Crippen LogP contribution in [-0.4, -0.2) is 4.98 Å². The molecule has 0 radical (unpaired) electrons. The van der Waals surface area contributed by atoms with Crippen LogP contribution < -0.4 is 0 Å². The molecule has 1 aliphatic carbocycles. The molecule has 3 aromatic rings. The molecule has 0 N–H and O–H groups in total. The van der Waals surface area contributed by atoms with Crippen molar-refractivity contribution in [2.45, 2.75) is 6.42 Å². The van der Waals surface area contributed by atoms with Crippen molar-refractivity contribution in [1.29, 1.82) is 5.26 Å². The first-order valence-corrected chi connectivity index (χ1v) is 8.09. The molecule has 2 nitrogen and oxygen atoms in total. The van der Waals surface area contributed by atoms with Crippen molar-refractivity contribution in [2.75, 3.05) is 0 Å². The first-order valence-electron chi connectivity index (χ1n) is 7.71. The van der Waals surface area contributed by atoms with Gasteiger partial charge >= 0.3 is 0 Å². The number of hydrogen-bond donors (Lipinski definition) is 0. The summed E-state index contributed by atoms with van der Waals surface area (Å²) < 4.78 is 0. The highest BCUT2D eigenvalue weighted by Crippen LogP contribution is 2.32. The number of benzene rings is 2. The standard InChI is InChI=1S/C21H13ClN2/c22-21-19(14-5-2-1-3-6-14)12-17-11-15-7-4-8-16(13-23)18(15)9-10-20(17)24-21/h1-10,12H,11H2. The van der Waals surface area contributed by atoms with E-state index in [9.17, 15) is 5.26 Å². The fraction of sp³-hybridized carbons (Fsp3) is 0.0476. The molecule has 0 aliphatic heterocycles. The van der Waals surface area contributed by atoms with Crippen LogP contribution in [0.25, 0.3) is 23.3 Å². The van der Waals surface area contributed by atoms with Crippen LogP contribution >= 0.6 is 11.6 Å². The first kappa shape index (κ1) is 14.7. The number of halogens is 1. The maximum absolute atomic E-state index is 9.32. The summed E-state index contributed by atoms with van der Waals surface area (Å²) in [6, 6.07) is 20.2. The van der Waals surface area contributed by atoms with Gasteiger partial charge in [0, 0.05) is 12.0 Å². The average molecular weight is 329 g/mol. The number of pyridine rings is 1. The number of nitriles is 1. The van der Waals surface area contributed by atoms with Crippen LogP contribution in [0, 0.1) is 11.3 Å². The monoisotopic (exact) mass is 328 g/mol. The summed E-state index contributed by atoms with van der Waals surface area (Å²) in [6.07, 6.45) is 4.64. The molecule has 0 saturated heterocycles. The van der Waals surface area contributed by atoms with E-state index in [1.807, 2.05) is 54.6 Å². The molecule has 4 rings (SSSR count). The Morgan fingerprint density at radius 1 is 0.958 bits per heavy atom. The largest absolute Gasteiger partial charge is 0.236 e. The molecule has 0 atom stereocenters. The van der Waals surface area contributed by atoms with Gasteiger partial charge in [0.15, 0.2) is 0 Å². The molecule has 114 valence electrons. The minimum atomic E-state index is 0.496. The van der Waals surface area contributed by atoms with Crippen molar-refractivity contribution in [3.8, 4) is 17.2 Å². The van der Waals surface area contributed by atoms with E-state index in [1.165, 1.54) is 0 Å². The predicted octanol–water partition coefficient (Wildman–Crippen LogP) is 5.35. The smallest absolute Gasteiger partial charge is 0.137 e. The first-order chi connectivity index (χ1) is 11.8. The molecule has 24 heavy (non-hydrogen) atoms. The summed E-state index contributed by atoms with van der Waals surface area (Å²) in [5.41, 5.74) is 6.75. The van der Waals surface area contributed by atoms with Gasteiger partial charge in [-0.1, -0.05) is 60.1 Å². The molecule has 1 aromatic heterocycles. The lowest BCUT2D eigenvalue weighted by molar-refractivity contribution is 1.13. The number of fused-ring (bicyclic) bond motifs is 2. The third-order valence-electron chi connectivity index (χ3n) is 4.28.